The molecule has 0 saturated carbocycles. The maximum atomic E-state index is 11.6. The van der Waals surface area contributed by atoms with Gasteiger partial charge in [-0.05, 0) is 37.8 Å². The summed E-state index contributed by atoms with van der Waals surface area (Å²) in [5.74, 6) is 2.19. The third-order valence-corrected chi connectivity index (χ3v) is 6.24. The molecule has 9 heteroatoms. The summed E-state index contributed by atoms with van der Waals surface area (Å²) in [4.78, 5) is 4.63. The number of aliphatic imine (C=N–C) groups is 1. The van der Waals surface area contributed by atoms with Crippen molar-refractivity contribution in [3.8, 4) is 5.75 Å². The lowest BCUT2D eigenvalue weighted by molar-refractivity contribution is 0.145. The van der Waals surface area contributed by atoms with E-state index in [2.05, 4.69) is 15.6 Å². The number of sulfone groups is 1. The number of nitrogens with one attached hydrogen (secondary N) is 2. The predicted molar refractivity (Wildman–Crippen MR) is 124 cm³/mol. The van der Waals surface area contributed by atoms with Crippen molar-refractivity contribution in [2.75, 3.05) is 44.9 Å². The maximum Gasteiger partial charge on any atom is 0.191 e. The van der Waals surface area contributed by atoms with Gasteiger partial charge in [-0.15, -0.1) is 24.0 Å². The van der Waals surface area contributed by atoms with E-state index >= 15 is 0 Å². The second-order valence-corrected chi connectivity index (χ2v) is 9.03. The van der Waals surface area contributed by atoms with Crippen molar-refractivity contribution in [3.05, 3.63) is 29.3 Å². The molecule has 1 aliphatic rings. The summed E-state index contributed by atoms with van der Waals surface area (Å²) in [5.41, 5.74) is 2.12. The van der Waals surface area contributed by atoms with Crippen LogP contribution in [0.2, 0.25) is 0 Å². The van der Waals surface area contributed by atoms with E-state index in [0.717, 1.165) is 23.4 Å². The van der Waals surface area contributed by atoms with Crippen molar-refractivity contribution >= 4 is 39.8 Å². The number of guanidine groups is 1. The Morgan fingerprint density at radius 3 is 2.71 bits per heavy atom. The Kier molecular flexibility index (Phi) is 11.1. The van der Waals surface area contributed by atoms with E-state index in [1.165, 1.54) is 0 Å². The highest BCUT2D eigenvalue weighted by Gasteiger charge is 2.27. The van der Waals surface area contributed by atoms with Crippen LogP contribution in [0.3, 0.4) is 0 Å². The summed E-state index contributed by atoms with van der Waals surface area (Å²) in [6.45, 7) is 6.87. The third-order valence-electron chi connectivity index (χ3n) is 4.40. The van der Waals surface area contributed by atoms with Crippen LogP contribution in [-0.4, -0.2) is 59.3 Å². The first-order valence-electron chi connectivity index (χ1n) is 9.37. The van der Waals surface area contributed by atoms with Gasteiger partial charge >= 0.3 is 0 Å². The van der Waals surface area contributed by atoms with E-state index in [4.69, 9.17) is 9.47 Å². The first-order chi connectivity index (χ1) is 12.9. The van der Waals surface area contributed by atoms with Gasteiger partial charge in [-0.1, -0.05) is 12.1 Å². The fourth-order valence-corrected chi connectivity index (χ4v) is 4.80. The molecule has 160 valence electrons. The number of rotatable bonds is 9. The van der Waals surface area contributed by atoms with Gasteiger partial charge in [-0.2, -0.15) is 0 Å². The normalized spacial score (nSPS) is 18.4. The Morgan fingerprint density at radius 1 is 1.29 bits per heavy atom. The van der Waals surface area contributed by atoms with Gasteiger partial charge < -0.3 is 20.1 Å². The average molecular weight is 525 g/mol. The topological polar surface area (TPSA) is 89.0 Å². The van der Waals surface area contributed by atoms with Gasteiger partial charge in [-0.3, -0.25) is 0 Å². The van der Waals surface area contributed by atoms with E-state index in [1.807, 2.05) is 32.0 Å². The molecule has 1 fully saturated rings. The van der Waals surface area contributed by atoms with Crippen LogP contribution < -0.4 is 15.4 Å². The number of hydrogen-bond acceptors (Lipinski definition) is 5. The Morgan fingerprint density at radius 2 is 2.07 bits per heavy atom. The van der Waals surface area contributed by atoms with Crippen molar-refractivity contribution < 1.29 is 17.9 Å². The highest BCUT2D eigenvalue weighted by atomic mass is 127. The smallest absolute Gasteiger partial charge is 0.191 e. The molecule has 1 aromatic carbocycles. The molecule has 0 amide bonds. The molecule has 7 nitrogen and oxygen atoms in total. The van der Waals surface area contributed by atoms with Crippen molar-refractivity contribution in [2.45, 2.75) is 26.8 Å². The molecular weight excluding hydrogens is 493 g/mol. The molecule has 0 aromatic heterocycles. The summed E-state index contributed by atoms with van der Waals surface area (Å²) in [7, 11) is -1.21. The monoisotopic (exact) mass is 525 g/mol. The number of benzene rings is 1. The van der Waals surface area contributed by atoms with Crippen LogP contribution in [0, 0.1) is 12.8 Å². The van der Waals surface area contributed by atoms with E-state index < -0.39 is 9.84 Å². The van der Waals surface area contributed by atoms with Crippen LogP contribution in [0.15, 0.2) is 23.2 Å². The summed E-state index contributed by atoms with van der Waals surface area (Å²) in [6, 6.07) is 6.07. The van der Waals surface area contributed by atoms with Crippen LogP contribution >= 0.6 is 24.0 Å². The number of methoxy groups -OCH3 is 1. The van der Waals surface area contributed by atoms with Crippen molar-refractivity contribution in [3.63, 3.8) is 0 Å². The molecule has 1 aliphatic heterocycles. The molecule has 1 aromatic rings. The number of aryl methyl sites for hydroxylation is 1. The highest BCUT2D eigenvalue weighted by Crippen LogP contribution is 2.21. The van der Waals surface area contributed by atoms with Crippen molar-refractivity contribution in [2.24, 2.45) is 10.9 Å². The van der Waals surface area contributed by atoms with Gasteiger partial charge in [0.1, 0.15) is 12.4 Å². The van der Waals surface area contributed by atoms with Gasteiger partial charge in [0.05, 0.1) is 24.7 Å². The molecule has 28 heavy (non-hydrogen) atoms. The fraction of sp³-hybridized carbons (Fsp3) is 0.632. The van der Waals surface area contributed by atoms with E-state index in [9.17, 15) is 8.42 Å². The molecule has 2 rings (SSSR count). The van der Waals surface area contributed by atoms with Gasteiger partial charge in [0, 0.05) is 25.8 Å². The largest absolute Gasteiger partial charge is 0.491 e. The van der Waals surface area contributed by atoms with Gasteiger partial charge in [0.15, 0.2) is 15.8 Å². The minimum Gasteiger partial charge on any atom is -0.491 e. The Hall–Kier alpha value is -1.07. The Bertz CT molecular complexity index is 741. The number of ether oxygens (including phenoxy) is 2. The second kappa shape index (κ2) is 12.5. The molecule has 0 radical (unpaired) electrons. The van der Waals surface area contributed by atoms with E-state index in [0.29, 0.717) is 44.4 Å². The molecule has 0 bridgehead atoms. The highest BCUT2D eigenvalue weighted by molar-refractivity contribution is 14.0. The molecule has 0 aliphatic carbocycles. The zero-order valence-electron chi connectivity index (χ0n) is 16.9. The third kappa shape index (κ3) is 8.52. The lowest BCUT2D eigenvalue weighted by atomic mass is 10.1. The molecule has 2 N–H and O–H groups in total. The summed E-state index contributed by atoms with van der Waals surface area (Å²) < 4.78 is 34.1. The van der Waals surface area contributed by atoms with E-state index in [1.54, 1.807) is 7.11 Å². The molecule has 0 spiro atoms. The Balaban J connectivity index is 0.00000392. The van der Waals surface area contributed by atoms with Crippen molar-refractivity contribution in [1.29, 1.82) is 0 Å². The number of hydrogen-bond donors (Lipinski definition) is 2. The molecule has 1 unspecified atom stereocenters. The molecule has 1 saturated heterocycles. The predicted octanol–water partition coefficient (Wildman–Crippen LogP) is 2.13. The van der Waals surface area contributed by atoms with Gasteiger partial charge in [0.25, 0.3) is 0 Å². The molecule has 1 heterocycles. The second-order valence-electron chi connectivity index (χ2n) is 6.80. The summed E-state index contributed by atoms with van der Waals surface area (Å²) >= 11 is 0. The average Bonchev–Trinajstić information content (AvgIpc) is 2.98. The minimum atomic E-state index is -2.86. The standard InChI is InChI=1S/C19H31N3O4S.HI/c1-4-20-19(21-12-16-7-10-27(23,24)14-16)22-13-17-6-5-15(2)11-18(17)26-9-8-25-3;/h5-6,11,16H,4,7-10,12-14H2,1-3H3,(H2,20,21,22);1H. The zero-order valence-corrected chi connectivity index (χ0v) is 20.0. The van der Waals surface area contributed by atoms with E-state index in [-0.39, 0.29) is 35.6 Å². The van der Waals surface area contributed by atoms with Crippen LogP contribution in [-0.2, 0) is 21.1 Å². The van der Waals surface area contributed by atoms with Crippen LogP contribution in [0.25, 0.3) is 0 Å². The fourth-order valence-electron chi connectivity index (χ4n) is 2.94. The number of nitrogens with zero attached hydrogens (tertiary/aromatic N) is 1. The quantitative estimate of drug-likeness (QED) is 0.222. The van der Waals surface area contributed by atoms with Gasteiger partial charge in [-0.25, -0.2) is 13.4 Å². The number of halogens is 1. The first kappa shape index (κ1) is 25.0. The SMILES string of the molecule is CCNC(=NCc1ccc(C)cc1OCCOC)NCC1CCS(=O)(=O)C1.I. The zero-order chi connectivity index (χ0) is 19.7. The van der Waals surface area contributed by atoms with Crippen LogP contribution in [0.1, 0.15) is 24.5 Å². The summed E-state index contributed by atoms with van der Waals surface area (Å²) in [5, 5.41) is 6.48. The van der Waals surface area contributed by atoms with Crippen LogP contribution in [0.5, 0.6) is 5.75 Å². The van der Waals surface area contributed by atoms with Crippen LogP contribution in [0.4, 0.5) is 0 Å². The van der Waals surface area contributed by atoms with Crippen molar-refractivity contribution in [1.82, 2.24) is 10.6 Å². The molecular formula is C19H32IN3O4S. The maximum absolute atomic E-state index is 11.6. The van der Waals surface area contributed by atoms with Gasteiger partial charge in [0.2, 0.25) is 0 Å². The molecule has 1 atom stereocenters. The summed E-state index contributed by atoms with van der Waals surface area (Å²) in [6.07, 6.45) is 0.712. The lowest BCUT2D eigenvalue weighted by Crippen LogP contribution is -2.40. The Labute approximate surface area is 185 Å². The lowest BCUT2D eigenvalue weighted by Gasteiger charge is -2.15. The minimum absolute atomic E-state index is 0. The first-order valence-corrected chi connectivity index (χ1v) is 11.2.